The first-order valence-electron chi connectivity index (χ1n) is 8.67. The van der Waals surface area contributed by atoms with Crippen LogP contribution in [0.3, 0.4) is 0 Å². The molecule has 3 heterocycles. The number of nitrogens with zero attached hydrogens (tertiary/aromatic N) is 5. The summed E-state index contributed by atoms with van der Waals surface area (Å²) in [4.78, 5) is 28.8. The standard InChI is InChI=1S/C17H20N6O3S/c1-4-14-20-21-17(27-14)18-12(24)8-9-13-19-15(22-26-13)11-7-6-10(3)23(5-2)16(11)25/h6-7H,4-5,8-9H2,1-3H3,(H,18,21,24). The number of pyridine rings is 1. The molecule has 3 rings (SSSR count). The third-order valence-corrected chi connectivity index (χ3v) is 4.98. The highest BCUT2D eigenvalue weighted by molar-refractivity contribution is 7.15. The predicted molar refractivity (Wildman–Crippen MR) is 101 cm³/mol. The summed E-state index contributed by atoms with van der Waals surface area (Å²) in [5, 5.41) is 15.8. The molecule has 0 spiro atoms. The van der Waals surface area contributed by atoms with Gasteiger partial charge in [-0.05, 0) is 32.4 Å². The number of amides is 1. The van der Waals surface area contributed by atoms with Crippen LogP contribution in [0.25, 0.3) is 11.4 Å². The van der Waals surface area contributed by atoms with Crippen LogP contribution in [-0.2, 0) is 24.2 Å². The van der Waals surface area contributed by atoms with Gasteiger partial charge in [-0.2, -0.15) is 4.98 Å². The van der Waals surface area contributed by atoms with Crippen LogP contribution < -0.4 is 10.9 Å². The van der Waals surface area contributed by atoms with Crippen molar-refractivity contribution in [2.24, 2.45) is 0 Å². The maximum atomic E-state index is 12.5. The fourth-order valence-corrected chi connectivity index (χ4v) is 3.24. The Bertz CT molecular complexity index is 1010. The summed E-state index contributed by atoms with van der Waals surface area (Å²) in [6.45, 7) is 6.31. The van der Waals surface area contributed by atoms with Crippen molar-refractivity contribution < 1.29 is 9.32 Å². The summed E-state index contributed by atoms with van der Waals surface area (Å²) in [5.74, 6) is 0.321. The first-order valence-corrected chi connectivity index (χ1v) is 9.49. The highest BCUT2D eigenvalue weighted by Gasteiger charge is 2.15. The Hall–Kier alpha value is -2.88. The van der Waals surface area contributed by atoms with Gasteiger partial charge in [0.25, 0.3) is 5.56 Å². The topological polar surface area (TPSA) is 116 Å². The number of hydrogen-bond donors (Lipinski definition) is 1. The zero-order valence-electron chi connectivity index (χ0n) is 15.4. The minimum absolute atomic E-state index is 0.161. The van der Waals surface area contributed by atoms with Gasteiger partial charge in [0.15, 0.2) is 0 Å². The van der Waals surface area contributed by atoms with Crippen LogP contribution in [0.4, 0.5) is 5.13 Å². The SMILES string of the molecule is CCc1nnc(NC(=O)CCc2nc(-c3ccc(C)n(CC)c3=O)no2)s1. The molecule has 3 aromatic heterocycles. The molecule has 1 amide bonds. The molecule has 0 aliphatic rings. The number of aromatic nitrogens is 5. The second kappa shape index (κ2) is 8.21. The Labute approximate surface area is 159 Å². The molecule has 9 nitrogen and oxygen atoms in total. The summed E-state index contributed by atoms with van der Waals surface area (Å²) in [6.07, 6.45) is 1.21. The Morgan fingerprint density at radius 1 is 1.30 bits per heavy atom. The van der Waals surface area contributed by atoms with Gasteiger partial charge < -0.3 is 14.4 Å². The van der Waals surface area contributed by atoms with Crippen molar-refractivity contribution in [3.63, 3.8) is 0 Å². The number of nitrogens with one attached hydrogen (secondary N) is 1. The van der Waals surface area contributed by atoms with E-state index in [4.69, 9.17) is 4.52 Å². The maximum Gasteiger partial charge on any atom is 0.261 e. The van der Waals surface area contributed by atoms with E-state index in [0.29, 0.717) is 23.1 Å². The number of hydrogen-bond acceptors (Lipinski definition) is 8. The molecule has 0 fully saturated rings. The molecular formula is C17H20N6O3S. The second-order valence-electron chi connectivity index (χ2n) is 5.85. The van der Waals surface area contributed by atoms with E-state index in [2.05, 4.69) is 25.7 Å². The molecule has 0 saturated heterocycles. The van der Waals surface area contributed by atoms with Crippen molar-refractivity contribution in [2.45, 2.75) is 46.6 Å². The van der Waals surface area contributed by atoms with Gasteiger partial charge in [0.05, 0.1) is 5.56 Å². The molecule has 0 radical (unpaired) electrons. The zero-order valence-corrected chi connectivity index (χ0v) is 16.2. The van der Waals surface area contributed by atoms with Gasteiger partial charge in [-0.1, -0.05) is 23.4 Å². The third kappa shape index (κ3) is 4.27. The van der Waals surface area contributed by atoms with Gasteiger partial charge in [-0.3, -0.25) is 9.59 Å². The average molecular weight is 388 g/mol. The highest BCUT2D eigenvalue weighted by atomic mass is 32.1. The maximum absolute atomic E-state index is 12.5. The van der Waals surface area contributed by atoms with Gasteiger partial charge in [0, 0.05) is 25.1 Å². The first kappa shape index (κ1) is 18.9. The fraction of sp³-hybridized carbons (Fsp3) is 0.412. The number of rotatable bonds is 7. The molecule has 0 atom stereocenters. The fourth-order valence-electron chi connectivity index (χ4n) is 2.55. The monoisotopic (exact) mass is 388 g/mol. The minimum Gasteiger partial charge on any atom is -0.339 e. The van der Waals surface area contributed by atoms with Crippen molar-refractivity contribution in [2.75, 3.05) is 5.32 Å². The largest absolute Gasteiger partial charge is 0.339 e. The lowest BCUT2D eigenvalue weighted by Gasteiger charge is -2.07. The molecule has 3 aromatic rings. The number of carbonyl (C=O) groups excluding carboxylic acids is 1. The highest BCUT2D eigenvalue weighted by Crippen LogP contribution is 2.16. The Morgan fingerprint density at radius 2 is 2.11 bits per heavy atom. The molecule has 0 bridgehead atoms. The van der Waals surface area contributed by atoms with E-state index < -0.39 is 0 Å². The number of aryl methyl sites for hydroxylation is 3. The van der Waals surface area contributed by atoms with Crippen molar-refractivity contribution >= 4 is 22.4 Å². The molecule has 0 saturated carbocycles. The van der Waals surface area contributed by atoms with Gasteiger partial charge in [0.2, 0.25) is 22.8 Å². The molecular weight excluding hydrogens is 368 g/mol. The van der Waals surface area contributed by atoms with E-state index in [1.54, 1.807) is 10.6 Å². The molecule has 0 unspecified atom stereocenters. The zero-order chi connectivity index (χ0) is 19.4. The molecule has 0 aliphatic heterocycles. The minimum atomic E-state index is -0.211. The van der Waals surface area contributed by atoms with E-state index in [0.717, 1.165) is 17.1 Å². The Balaban J connectivity index is 1.64. The van der Waals surface area contributed by atoms with Gasteiger partial charge in [0.1, 0.15) is 5.01 Å². The van der Waals surface area contributed by atoms with Crippen LogP contribution in [-0.4, -0.2) is 30.8 Å². The smallest absolute Gasteiger partial charge is 0.261 e. The molecule has 27 heavy (non-hydrogen) atoms. The molecule has 10 heteroatoms. The van der Waals surface area contributed by atoms with Crippen LogP contribution >= 0.6 is 11.3 Å². The van der Waals surface area contributed by atoms with E-state index in [1.165, 1.54) is 11.3 Å². The van der Waals surface area contributed by atoms with Crippen LogP contribution in [0.2, 0.25) is 0 Å². The van der Waals surface area contributed by atoms with Crippen LogP contribution in [0.15, 0.2) is 21.5 Å². The van der Waals surface area contributed by atoms with E-state index in [-0.39, 0.29) is 30.1 Å². The number of anilines is 1. The van der Waals surface area contributed by atoms with Crippen molar-refractivity contribution in [3.8, 4) is 11.4 Å². The van der Waals surface area contributed by atoms with Crippen LogP contribution in [0.5, 0.6) is 0 Å². The summed E-state index contributed by atoms with van der Waals surface area (Å²) in [5.41, 5.74) is 1.09. The van der Waals surface area contributed by atoms with Crippen LogP contribution in [0.1, 0.15) is 36.9 Å². The number of carbonyl (C=O) groups is 1. The lowest BCUT2D eigenvalue weighted by molar-refractivity contribution is -0.116. The molecule has 0 aliphatic carbocycles. The molecule has 0 aromatic carbocycles. The lowest BCUT2D eigenvalue weighted by Crippen LogP contribution is -2.23. The lowest BCUT2D eigenvalue weighted by atomic mass is 10.2. The molecule has 142 valence electrons. The van der Waals surface area contributed by atoms with Gasteiger partial charge in [-0.25, -0.2) is 0 Å². The van der Waals surface area contributed by atoms with E-state index in [9.17, 15) is 9.59 Å². The molecule has 1 N–H and O–H groups in total. The predicted octanol–water partition coefficient (Wildman–Crippen LogP) is 2.21. The Morgan fingerprint density at radius 3 is 2.81 bits per heavy atom. The summed E-state index contributed by atoms with van der Waals surface area (Å²) >= 11 is 1.35. The van der Waals surface area contributed by atoms with Crippen molar-refractivity contribution in [3.05, 3.63) is 39.1 Å². The first-order chi connectivity index (χ1) is 13.0. The van der Waals surface area contributed by atoms with Crippen molar-refractivity contribution in [1.29, 1.82) is 0 Å². The second-order valence-corrected chi connectivity index (χ2v) is 6.91. The van der Waals surface area contributed by atoms with Crippen molar-refractivity contribution in [1.82, 2.24) is 24.9 Å². The van der Waals surface area contributed by atoms with E-state index >= 15 is 0 Å². The van der Waals surface area contributed by atoms with Crippen LogP contribution in [0, 0.1) is 6.92 Å². The average Bonchev–Trinajstić information content (AvgIpc) is 3.30. The summed E-state index contributed by atoms with van der Waals surface area (Å²) in [6, 6.07) is 3.53. The summed E-state index contributed by atoms with van der Waals surface area (Å²) < 4.78 is 6.83. The van der Waals surface area contributed by atoms with E-state index in [1.807, 2.05) is 26.8 Å². The van der Waals surface area contributed by atoms with Gasteiger partial charge >= 0.3 is 0 Å². The quantitative estimate of drug-likeness (QED) is 0.659. The normalized spacial score (nSPS) is 10.9. The Kier molecular flexibility index (Phi) is 5.75. The third-order valence-electron chi connectivity index (χ3n) is 4.00. The van der Waals surface area contributed by atoms with Gasteiger partial charge in [-0.15, -0.1) is 10.2 Å². The summed E-state index contributed by atoms with van der Waals surface area (Å²) in [7, 11) is 0.